The van der Waals surface area contributed by atoms with Crippen molar-refractivity contribution >= 4 is 5.97 Å². The molecule has 2 atom stereocenters. The molecule has 0 aromatic carbocycles. The quantitative estimate of drug-likeness (QED) is 0.622. The van der Waals surface area contributed by atoms with Crippen molar-refractivity contribution in [1.82, 2.24) is 4.90 Å². The number of hydrogen-bond acceptors (Lipinski definition) is 4. The highest BCUT2D eigenvalue weighted by Crippen LogP contribution is 2.14. The second kappa shape index (κ2) is 4.58. The highest BCUT2D eigenvalue weighted by atomic mass is 16.5. The highest BCUT2D eigenvalue weighted by molar-refractivity contribution is 5.69. The Kier molecular flexibility index (Phi) is 3.69. The molecule has 0 spiro atoms. The number of esters is 1. The lowest BCUT2D eigenvalue weighted by Gasteiger charge is -2.13. The van der Waals surface area contributed by atoms with Crippen LogP contribution >= 0.6 is 0 Å². The van der Waals surface area contributed by atoms with Gasteiger partial charge in [-0.3, -0.25) is 4.79 Å². The first kappa shape index (κ1) is 10.5. The van der Waals surface area contributed by atoms with Gasteiger partial charge in [0.2, 0.25) is 0 Å². The summed E-state index contributed by atoms with van der Waals surface area (Å²) in [7, 11) is 1.42. The minimum atomic E-state index is -0.145. The molecular formula is C9H18N2O2. The zero-order valence-corrected chi connectivity index (χ0v) is 8.32. The van der Waals surface area contributed by atoms with Crippen LogP contribution in [0.5, 0.6) is 0 Å². The van der Waals surface area contributed by atoms with E-state index in [2.05, 4.69) is 16.6 Å². The first-order valence-corrected chi connectivity index (χ1v) is 4.68. The lowest BCUT2D eigenvalue weighted by atomic mass is 10.1. The van der Waals surface area contributed by atoms with E-state index in [1.807, 2.05) is 0 Å². The van der Waals surface area contributed by atoms with Crippen LogP contribution in [-0.4, -0.2) is 43.7 Å². The van der Waals surface area contributed by atoms with Crippen molar-refractivity contribution in [2.24, 2.45) is 11.7 Å². The summed E-state index contributed by atoms with van der Waals surface area (Å²) in [5.41, 5.74) is 5.85. The van der Waals surface area contributed by atoms with E-state index < -0.39 is 0 Å². The van der Waals surface area contributed by atoms with Crippen LogP contribution in [-0.2, 0) is 9.53 Å². The second-order valence-electron chi connectivity index (χ2n) is 3.73. The molecule has 2 N–H and O–H groups in total. The van der Waals surface area contributed by atoms with E-state index in [-0.39, 0.29) is 12.0 Å². The zero-order chi connectivity index (χ0) is 9.84. The summed E-state index contributed by atoms with van der Waals surface area (Å²) in [5, 5.41) is 0. The van der Waals surface area contributed by atoms with Gasteiger partial charge in [-0.15, -0.1) is 0 Å². The molecule has 1 fully saturated rings. The molecule has 0 radical (unpaired) electrons. The van der Waals surface area contributed by atoms with E-state index in [9.17, 15) is 4.79 Å². The number of nitrogens with zero attached hydrogens (tertiary/aromatic N) is 1. The van der Waals surface area contributed by atoms with Crippen molar-refractivity contribution in [3.63, 3.8) is 0 Å². The van der Waals surface area contributed by atoms with E-state index in [0.29, 0.717) is 12.3 Å². The fourth-order valence-corrected chi connectivity index (χ4v) is 1.63. The van der Waals surface area contributed by atoms with Crippen LogP contribution in [0.25, 0.3) is 0 Å². The molecule has 0 bridgehead atoms. The summed E-state index contributed by atoms with van der Waals surface area (Å²) in [6, 6.07) is 0.262. The minimum Gasteiger partial charge on any atom is -0.469 e. The minimum absolute atomic E-state index is 0.145. The molecule has 1 aliphatic heterocycles. The Labute approximate surface area is 79.0 Å². The third-order valence-electron chi connectivity index (χ3n) is 2.61. The molecule has 0 saturated carbocycles. The van der Waals surface area contributed by atoms with Gasteiger partial charge in [-0.2, -0.15) is 0 Å². The molecule has 1 saturated heterocycles. The maximum Gasteiger partial charge on any atom is 0.306 e. The number of carbonyl (C=O) groups is 1. The van der Waals surface area contributed by atoms with Gasteiger partial charge in [0.15, 0.2) is 0 Å². The predicted octanol–water partition coefficient (Wildman–Crippen LogP) is -0.171. The summed E-state index contributed by atoms with van der Waals surface area (Å²) in [6.07, 6.45) is 0.468. The number of ether oxygens (including phenoxy) is 1. The SMILES string of the molecule is COC(=O)CCN1CC(C)C(N)C1. The maximum atomic E-state index is 10.9. The fraction of sp³-hybridized carbons (Fsp3) is 0.889. The second-order valence-corrected chi connectivity index (χ2v) is 3.73. The van der Waals surface area contributed by atoms with Crippen molar-refractivity contribution in [2.75, 3.05) is 26.7 Å². The van der Waals surface area contributed by atoms with Crippen LogP contribution in [0.15, 0.2) is 0 Å². The first-order chi connectivity index (χ1) is 6.13. The Morgan fingerprint density at radius 2 is 2.31 bits per heavy atom. The van der Waals surface area contributed by atoms with E-state index >= 15 is 0 Å². The largest absolute Gasteiger partial charge is 0.469 e. The van der Waals surface area contributed by atoms with Gasteiger partial charge in [0.25, 0.3) is 0 Å². The number of methoxy groups -OCH3 is 1. The molecule has 0 aliphatic carbocycles. The van der Waals surface area contributed by atoms with Crippen LogP contribution < -0.4 is 5.73 Å². The van der Waals surface area contributed by atoms with Gasteiger partial charge in [0.05, 0.1) is 13.5 Å². The molecule has 4 heteroatoms. The molecular weight excluding hydrogens is 168 g/mol. The number of nitrogens with two attached hydrogens (primary N) is 1. The van der Waals surface area contributed by atoms with Gasteiger partial charge in [-0.1, -0.05) is 6.92 Å². The lowest BCUT2D eigenvalue weighted by molar-refractivity contribution is -0.140. The third-order valence-corrected chi connectivity index (χ3v) is 2.61. The van der Waals surface area contributed by atoms with Crippen LogP contribution in [0.4, 0.5) is 0 Å². The fourth-order valence-electron chi connectivity index (χ4n) is 1.63. The molecule has 0 aromatic rings. The van der Waals surface area contributed by atoms with Gasteiger partial charge in [0.1, 0.15) is 0 Å². The zero-order valence-electron chi connectivity index (χ0n) is 8.32. The van der Waals surface area contributed by atoms with Crippen molar-refractivity contribution in [3.05, 3.63) is 0 Å². The van der Waals surface area contributed by atoms with Gasteiger partial charge in [-0.05, 0) is 5.92 Å². The number of carbonyl (C=O) groups excluding carboxylic acids is 1. The number of hydrogen-bond donors (Lipinski definition) is 1. The van der Waals surface area contributed by atoms with E-state index in [1.54, 1.807) is 0 Å². The molecule has 1 aliphatic rings. The van der Waals surface area contributed by atoms with Crippen molar-refractivity contribution in [1.29, 1.82) is 0 Å². The average molecular weight is 186 g/mol. The Balaban J connectivity index is 2.20. The molecule has 1 heterocycles. The normalized spacial score (nSPS) is 29.2. The Morgan fingerprint density at radius 3 is 2.77 bits per heavy atom. The highest BCUT2D eigenvalue weighted by Gasteiger charge is 2.26. The number of rotatable bonds is 3. The molecule has 0 aromatic heterocycles. The summed E-state index contributed by atoms with van der Waals surface area (Å²) in [6.45, 7) is 4.81. The topological polar surface area (TPSA) is 55.6 Å². The maximum absolute atomic E-state index is 10.9. The van der Waals surface area contributed by atoms with Crippen LogP contribution in [0.1, 0.15) is 13.3 Å². The van der Waals surface area contributed by atoms with Gasteiger partial charge >= 0.3 is 5.97 Å². The van der Waals surface area contributed by atoms with Crippen molar-refractivity contribution in [3.8, 4) is 0 Å². The van der Waals surface area contributed by atoms with Crippen molar-refractivity contribution in [2.45, 2.75) is 19.4 Å². The molecule has 2 unspecified atom stereocenters. The van der Waals surface area contributed by atoms with Gasteiger partial charge in [-0.25, -0.2) is 0 Å². The van der Waals surface area contributed by atoms with Crippen LogP contribution in [0, 0.1) is 5.92 Å². The molecule has 0 amide bonds. The third kappa shape index (κ3) is 2.97. The number of likely N-dealkylation sites (tertiary alicyclic amines) is 1. The molecule has 13 heavy (non-hydrogen) atoms. The van der Waals surface area contributed by atoms with E-state index in [0.717, 1.165) is 19.6 Å². The summed E-state index contributed by atoms with van der Waals surface area (Å²) in [5.74, 6) is 0.394. The Hall–Kier alpha value is -0.610. The van der Waals surface area contributed by atoms with Crippen molar-refractivity contribution < 1.29 is 9.53 Å². The standard InChI is InChI=1S/C9H18N2O2/c1-7-5-11(6-8(7)10)4-3-9(12)13-2/h7-8H,3-6,10H2,1-2H3. The van der Waals surface area contributed by atoms with Crippen LogP contribution in [0.3, 0.4) is 0 Å². The average Bonchev–Trinajstić information content (AvgIpc) is 2.42. The Morgan fingerprint density at radius 1 is 1.62 bits per heavy atom. The molecule has 4 nitrogen and oxygen atoms in total. The molecule has 76 valence electrons. The van der Waals surface area contributed by atoms with E-state index in [1.165, 1.54) is 7.11 Å². The van der Waals surface area contributed by atoms with E-state index in [4.69, 9.17) is 5.73 Å². The first-order valence-electron chi connectivity index (χ1n) is 4.68. The summed E-state index contributed by atoms with van der Waals surface area (Å²) in [4.78, 5) is 13.1. The smallest absolute Gasteiger partial charge is 0.306 e. The predicted molar refractivity (Wildman–Crippen MR) is 50.2 cm³/mol. The lowest BCUT2D eigenvalue weighted by Crippen LogP contribution is -2.29. The summed E-state index contributed by atoms with van der Waals surface area (Å²) < 4.78 is 4.57. The van der Waals surface area contributed by atoms with Gasteiger partial charge in [0, 0.05) is 25.7 Å². The molecule has 1 rings (SSSR count). The van der Waals surface area contributed by atoms with Gasteiger partial charge < -0.3 is 15.4 Å². The Bertz CT molecular complexity index is 174. The van der Waals surface area contributed by atoms with Crippen LogP contribution in [0.2, 0.25) is 0 Å². The monoisotopic (exact) mass is 186 g/mol. The summed E-state index contributed by atoms with van der Waals surface area (Å²) >= 11 is 0.